The van der Waals surface area contributed by atoms with E-state index in [1.54, 1.807) is 4.90 Å². The molecule has 2 unspecified atom stereocenters. The number of ketones is 1. The van der Waals surface area contributed by atoms with Gasteiger partial charge in [0.2, 0.25) is 27.6 Å². The van der Waals surface area contributed by atoms with E-state index in [4.69, 9.17) is 0 Å². The minimum atomic E-state index is -3.50. The normalized spacial score (nSPS) is 25.3. The molecule has 0 spiro atoms. The maximum absolute atomic E-state index is 14.9. The van der Waals surface area contributed by atoms with E-state index in [-0.39, 0.29) is 48.1 Å². The van der Waals surface area contributed by atoms with Gasteiger partial charge < -0.3 is 26.2 Å². The molecule has 13 nitrogen and oxygen atoms in total. The number of carbonyl (C=O) groups is 5. The van der Waals surface area contributed by atoms with Crippen LogP contribution in [0.1, 0.15) is 105 Å². The van der Waals surface area contributed by atoms with E-state index < -0.39 is 63.2 Å². The predicted octanol–water partition coefficient (Wildman–Crippen LogP) is 3.35. The molecule has 3 saturated carbocycles. The predicted molar refractivity (Wildman–Crippen MR) is 200 cm³/mol. The number of Topliss-reactive ketones (excluding diaryl/α,β-unsaturated/α-hetero) is 1. The number of rotatable bonds is 15. The molecule has 1 heterocycles. The van der Waals surface area contributed by atoms with E-state index in [2.05, 4.69) is 41.7 Å². The Balaban J connectivity index is 1.62. The van der Waals surface area contributed by atoms with Crippen LogP contribution in [0.4, 0.5) is 4.79 Å². The zero-order valence-corrected chi connectivity index (χ0v) is 33.3. The Hall–Kier alpha value is -3.00. The Morgan fingerprint density at radius 3 is 2.17 bits per heavy atom. The molecule has 4 aliphatic rings. The van der Waals surface area contributed by atoms with E-state index >= 15 is 0 Å². The average Bonchev–Trinajstić information content (AvgIpc) is 3.58. The van der Waals surface area contributed by atoms with Crippen LogP contribution in [-0.2, 0) is 29.2 Å². The van der Waals surface area contributed by atoms with E-state index in [1.165, 1.54) is 17.4 Å². The number of carbonyl (C=O) groups excluding carboxylic acids is 5. The van der Waals surface area contributed by atoms with Gasteiger partial charge in [0.1, 0.15) is 12.1 Å². The lowest BCUT2D eigenvalue weighted by Crippen LogP contribution is -2.61. The summed E-state index contributed by atoms with van der Waals surface area (Å²) < 4.78 is 25.7. The van der Waals surface area contributed by atoms with Crippen molar-refractivity contribution in [1.82, 2.24) is 30.5 Å². The first kappa shape index (κ1) is 41.8. The topological polar surface area (TPSA) is 174 Å². The van der Waals surface area contributed by atoms with Gasteiger partial charge in [0, 0.05) is 32.7 Å². The van der Waals surface area contributed by atoms with Gasteiger partial charge in [-0.05, 0) is 66.6 Å². The third kappa shape index (κ3) is 10.1. The summed E-state index contributed by atoms with van der Waals surface area (Å²) in [5.41, 5.74) is -0.626. The lowest BCUT2D eigenvalue weighted by atomic mass is 9.79. The third-order valence-corrected chi connectivity index (χ3v) is 13.7. The molecule has 294 valence electrons. The monoisotopic (exact) mass is 748 g/mol. The summed E-state index contributed by atoms with van der Waals surface area (Å²) in [4.78, 5) is 71.0. The number of urea groups is 1. The molecule has 3 aliphatic carbocycles. The molecule has 52 heavy (non-hydrogen) atoms. The van der Waals surface area contributed by atoms with Crippen molar-refractivity contribution in [3.8, 4) is 0 Å². The SMILES string of the molecule is C=CCNC(=O)C(=O)C(CC1CCC1)NC(=O)[C@@H]1[C@H]2CCC(C)(C)C2CN1C(=O)[C@@H](NC(=O)N[C@H](CN(C)S(C)(=O)=O)C(C)(C)C)C1CCCCC1. The Bertz CT molecular complexity index is 1450. The van der Waals surface area contributed by atoms with Crippen LogP contribution in [0.5, 0.6) is 0 Å². The van der Waals surface area contributed by atoms with Crippen molar-refractivity contribution in [2.45, 2.75) is 129 Å². The maximum Gasteiger partial charge on any atom is 0.315 e. The molecule has 0 aromatic heterocycles. The highest BCUT2D eigenvalue weighted by molar-refractivity contribution is 7.88. The van der Waals surface area contributed by atoms with Crippen LogP contribution in [0.25, 0.3) is 0 Å². The zero-order chi connectivity index (χ0) is 38.6. The number of sulfonamides is 1. The second-order valence-electron chi connectivity index (χ2n) is 17.6. The first-order valence-corrected chi connectivity index (χ1v) is 21.1. The molecule has 4 fully saturated rings. The molecule has 4 N–H and O–H groups in total. The van der Waals surface area contributed by atoms with Gasteiger partial charge in [-0.1, -0.05) is 79.2 Å². The van der Waals surface area contributed by atoms with Gasteiger partial charge >= 0.3 is 6.03 Å². The van der Waals surface area contributed by atoms with Crippen LogP contribution < -0.4 is 21.3 Å². The van der Waals surface area contributed by atoms with Crippen molar-refractivity contribution in [3.63, 3.8) is 0 Å². The third-order valence-electron chi connectivity index (χ3n) is 12.4. The second-order valence-corrected chi connectivity index (χ2v) is 19.7. The molecule has 5 amide bonds. The van der Waals surface area contributed by atoms with Crippen molar-refractivity contribution in [2.24, 2.45) is 34.5 Å². The smallest absolute Gasteiger partial charge is 0.315 e. The number of amides is 5. The summed E-state index contributed by atoms with van der Waals surface area (Å²) in [6.07, 6.45) is 11.9. The molecule has 1 saturated heterocycles. The zero-order valence-electron chi connectivity index (χ0n) is 32.5. The van der Waals surface area contributed by atoms with Crippen molar-refractivity contribution >= 4 is 39.6 Å². The highest BCUT2D eigenvalue weighted by atomic mass is 32.2. The van der Waals surface area contributed by atoms with Crippen LogP contribution >= 0.6 is 0 Å². The summed E-state index contributed by atoms with van der Waals surface area (Å²) in [5.74, 6) is -2.23. The largest absolute Gasteiger partial charge is 0.346 e. The number of nitrogens with zero attached hydrogens (tertiary/aromatic N) is 2. The van der Waals surface area contributed by atoms with E-state index in [9.17, 15) is 32.4 Å². The summed E-state index contributed by atoms with van der Waals surface area (Å²) in [5, 5.41) is 11.5. The van der Waals surface area contributed by atoms with E-state index in [0.717, 1.165) is 70.5 Å². The Kier molecular flexibility index (Phi) is 13.6. The summed E-state index contributed by atoms with van der Waals surface area (Å²) in [7, 11) is -2.03. The number of hydrogen-bond donors (Lipinski definition) is 4. The molecule has 1 aliphatic heterocycles. The summed E-state index contributed by atoms with van der Waals surface area (Å²) in [6.45, 7) is 14.2. The summed E-state index contributed by atoms with van der Waals surface area (Å²) in [6, 6.07) is -3.89. The number of likely N-dealkylation sites (tertiary alicyclic amines) is 1. The molecule has 14 heteroatoms. The Labute approximate surface area is 311 Å². The maximum atomic E-state index is 14.9. The van der Waals surface area contributed by atoms with E-state index in [0.29, 0.717) is 13.0 Å². The highest BCUT2D eigenvalue weighted by Gasteiger charge is 2.57. The lowest BCUT2D eigenvalue weighted by molar-refractivity contribution is -0.144. The molecule has 4 rings (SSSR count). The lowest BCUT2D eigenvalue weighted by Gasteiger charge is -2.38. The van der Waals surface area contributed by atoms with Crippen molar-refractivity contribution in [3.05, 3.63) is 12.7 Å². The average molecular weight is 749 g/mol. The summed E-state index contributed by atoms with van der Waals surface area (Å²) >= 11 is 0. The highest BCUT2D eigenvalue weighted by Crippen LogP contribution is 2.53. The fraction of sp³-hybridized carbons (Fsp3) is 0.816. The van der Waals surface area contributed by atoms with Crippen molar-refractivity contribution in [1.29, 1.82) is 0 Å². The van der Waals surface area contributed by atoms with Crippen molar-refractivity contribution < 1.29 is 32.4 Å². The first-order valence-electron chi connectivity index (χ1n) is 19.3. The van der Waals surface area contributed by atoms with Crippen molar-refractivity contribution in [2.75, 3.05) is 32.9 Å². The van der Waals surface area contributed by atoms with Crippen LogP contribution in [0.3, 0.4) is 0 Å². The molecule has 0 aromatic rings. The molecule has 0 radical (unpaired) electrons. The number of likely N-dealkylation sites (N-methyl/N-ethyl adjacent to an activating group) is 1. The van der Waals surface area contributed by atoms with Gasteiger partial charge in [0.15, 0.2) is 0 Å². The number of fused-ring (bicyclic) bond motifs is 1. The van der Waals surface area contributed by atoms with Gasteiger partial charge in [-0.25, -0.2) is 17.5 Å². The van der Waals surface area contributed by atoms with Gasteiger partial charge in [-0.3, -0.25) is 19.2 Å². The minimum Gasteiger partial charge on any atom is -0.346 e. The van der Waals surface area contributed by atoms with Crippen LogP contribution in [0.15, 0.2) is 12.7 Å². The molecule has 6 atom stereocenters. The fourth-order valence-corrected chi connectivity index (χ4v) is 9.06. The molecular formula is C38H64N6O7S. The van der Waals surface area contributed by atoms with Gasteiger partial charge in [-0.15, -0.1) is 6.58 Å². The van der Waals surface area contributed by atoms with Crippen LogP contribution in [0.2, 0.25) is 0 Å². The second kappa shape index (κ2) is 17.0. The quantitative estimate of drug-likeness (QED) is 0.147. The van der Waals surface area contributed by atoms with Gasteiger partial charge in [0.05, 0.1) is 12.3 Å². The number of hydrogen-bond acceptors (Lipinski definition) is 7. The Morgan fingerprint density at radius 1 is 0.962 bits per heavy atom. The number of nitrogens with one attached hydrogen (secondary N) is 4. The molecule has 0 bridgehead atoms. The Morgan fingerprint density at radius 2 is 1.62 bits per heavy atom. The minimum absolute atomic E-state index is 0.0431. The molecular weight excluding hydrogens is 685 g/mol. The van der Waals surface area contributed by atoms with E-state index in [1.807, 2.05) is 20.8 Å². The standard InChI is InChI=1S/C38H64N6O7S/c1-9-20-39-34(47)32(45)28(21-24-14-13-15-24)40-33(46)31-26-18-19-38(5,6)27(26)22-44(31)35(48)30(25-16-11-10-12-17-25)42-36(49)41-29(37(2,3)4)23-43(7)52(8,50)51/h9,24-31H,1,10-23H2,2-8H3,(H,39,47)(H,40,46)(H2,41,42,49)/t26-,27?,28?,29+,30-,31-/m0/s1. The molecule has 0 aromatic carbocycles. The van der Waals surface area contributed by atoms with Gasteiger partial charge in [0.25, 0.3) is 5.91 Å². The van der Waals surface area contributed by atoms with Crippen LogP contribution in [0, 0.1) is 34.5 Å². The van der Waals surface area contributed by atoms with Crippen LogP contribution in [-0.4, -0.2) is 104 Å². The first-order chi connectivity index (χ1) is 24.2. The van der Waals surface area contributed by atoms with Gasteiger partial charge in [-0.2, -0.15) is 0 Å². The fourth-order valence-electron chi connectivity index (χ4n) is 8.64.